The summed E-state index contributed by atoms with van der Waals surface area (Å²) in [5.41, 5.74) is 0. The van der Waals surface area contributed by atoms with Crippen molar-refractivity contribution in [3.63, 3.8) is 0 Å². The summed E-state index contributed by atoms with van der Waals surface area (Å²) in [4.78, 5) is 0.122. The summed E-state index contributed by atoms with van der Waals surface area (Å²) < 4.78 is 31.7. The largest absolute Gasteiger partial charge is 0.408 e. The van der Waals surface area contributed by atoms with Crippen LogP contribution in [-0.2, 0) is 10.0 Å². The van der Waals surface area contributed by atoms with Crippen LogP contribution in [0.3, 0.4) is 0 Å². The van der Waals surface area contributed by atoms with E-state index in [-0.39, 0.29) is 10.9 Å². The highest BCUT2D eigenvalue weighted by molar-refractivity contribution is 9.10. The first-order valence-corrected chi connectivity index (χ1v) is 6.83. The maximum absolute atomic E-state index is 11.9. The van der Waals surface area contributed by atoms with Gasteiger partial charge in [0.15, 0.2) is 0 Å². The third-order valence-corrected chi connectivity index (χ3v) is 3.74. The molecule has 0 radical (unpaired) electrons. The van der Waals surface area contributed by atoms with E-state index in [1.54, 1.807) is 19.1 Å². The molecule has 0 atom stereocenters. The number of hydrogen-bond donors (Lipinski definition) is 1. The van der Waals surface area contributed by atoms with E-state index in [9.17, 15) is 8.42 Å². The molecule has 0 aliphatic heterocycles. The first kappa shape index (κ1) is 12.1. The van der Waals surface area contributed by atoms with Crippen molar-refractivity contribution in [2.24, 2.45) is 0 Å². The van der Waals surface area contributed by atoms with Gasteiger partial charge in [-0.25, -0.2) is 13.1 Å². The summed E-state index contributed by atoms with van der Waals surface area (Å²) >= 11 is 3.23. The number of aromatic nitrogens is 2. The SMILES string of the molecule is Cc1nnc(NS(=O)(=O)c2ccc(Br)cc2)o1. The van der Waals surface area contributed by atoms with Crippen LogP contribution in [0.1, 0.15) is 5.89 Å². The Labute approximate surface area is 106 Å². The Bertz CT molecular complexity index is 621. The molecule has 0 aliphatic carbocycles. The van der Waals surface area contributed by atoms with E-state index in [0.717, 1.165) is 4.47 Å². The molecule has 6 nitrogen and oxygen atoms in total. The molecule has 0 saturated carbocycles. The zero-order valence-corrected chi connectivity index (χ0v) is 11.1. The minimum atomic E-state index is -3.68. The summed E-state index contributed by atoms with van der Waals surface area (Å²) in [6.07, 6.45) is 0. The van der Waals surface area contributed by atoms with Crippen molar-refractivity contribution in [2.75, 3.05) is 4.72 Å². The molecule has 1 aromatic carbocycles. The van der Waals surface area contributed by atoms with Gasteiger partial charge in [0.2, 0.25) is 5.89 Å². The second-order valence-corrected chi connectivity index (χ2v) is 5.78. The Balaban J connectivity index is 2.28. The van der Waals surface area contributed by atoms with E-state index >= 15 is 0 Å². The van der Waals surface area contributed by atoms with Crippen molar-refractivity contribution >= 4 is 32.0 Å². The van der Waals surface area contributed by atoms with Gasteiger partial charge in [0, 0.05) is 11.4 Å². The molecule has 0 bridgehead atoms. The van der Waals surface area contributed by atoms with Gasteiger partial charge in [0.25, 0.3) is 10.0 Å². The van der Waals surface area contributed by atoms with Crippen molar-refractivity contribution in [3.05, 3.63) is 34.6 Å². The predicted octanol–water partition coefficient (Wildman–Crippen LogP) is 1.94. The van der Waals surface area contributed by atoms with Crippen LogP contribution in [0.4, 0.5) is 6.01 Å². The van der Waals surface area contributed by atoms with E-state index in [0.29, 0.717) is 5.89 Å². The highest BCUT2D eigenvalue weighted by atomic mass is 79.9. The van der Waals surface area contributed by atoms with Crippen LogP contribution in [0, 0.1) is 6.92 Å². The topological polar surface area (TPSA) is 85.1 Å². The first-order valence-electron chi connectivity index (χ1n) is 4.56. The third kappa shape index (κ3) is 2.83. The highest BCUT2D eigenvalue weighted by Crippen LogP contribution is 2.17. The Morgan fingerprint density at radius 1 is 1.24 bits per heavy atom. The second kappa shape index (κ2) is 4.46. The maximum Gasteiger partial charge on any atom is 0.329 e. The van der Waals surface area contributed by atoms with Crippen LogP contribution >= 0.6 is 15.9 Å². The number of nitrogens with zero attached hydrogens (tertiary/aromatic N) is 2. The highest BCUT2D eigenvalue weighted by Gasteiger charge is 2.16. The van der Waals surface area contributed by atoms with Crippen molar-refractivity contribution in [1.82, 2.24) is 10.2 Å². The van der Waals surface area contributed by atoms with Crippen LogP contribution in [0.2, 0.25) is 0 Å². The molecular weight excluding hydrogens is 310 g/mol. The van der Waals surface area contributed by atoms with Crippen molar-refractivity contribution in [1.29, 1.82) is 0 Å². The van der Waals surface area contributed by atoms with Gasteiger partial charge in [-0.15, -0.1) is 5.10 Å². The molecule has 1 heterocycles. The van der Waals surface area contributed by atoms with Crippen LogP contribution < -0.4 is 4.72 Å². The molecule has 2 aromatic rings. The zero-order chi connectivity index (χ0) is 12.5. The predicted molar refractivity (Wildman–Crippen MR) is 64.0 cm³/mol. The monoisotopic (exact) mass is 317 g/mol. The molecule has 17 heavy (non-hydrogen) atoms. The lowest BCUT2D eigenvalue weighted by atomic mass is 10.4. The first-order chi connectivity index (χ1) is 7.97. The van der Waals surface area contributed by atoms with Gasteiger partial charge in [-0.05, 0) is 24.3 Å². The van der Waals surface area contributed by atoms with Crippen LogP contribution in [0.15, 0.2) is 38.1 Å². The minimum absolute atomic E-state index is 0.122. The summed E-state index contributed by atoms with van der Waals surface area (Å²) in [5.74, 6) is 0.290. The molecule has 90 valence electrons. The molecule has 0 fully saturated rings. The van der Waals surface area contributed by atoms with E-state index < -0.39 is 10.0 Å². The van der Waals surface area contributed by atoms with Crippen LogP contribution in [0.5, 0.6) is 0 Å². The fourth-order valence-corrected chi connectivity index (χ4v) is 2.31. The van der Waals surface area contributed by atoms with Gasteiger partial charge >= 0.3 is 6.01 Å². The molecule has 0 aliphatic rings. The Morgan fingerprint density at radius 2 is 1.88 bits per heavy atom. The van der Waals surface area contributed by atoms with Crippen LogP contribution in [0.25, 0.3) is 0 Å². The number of nitrogens with one attached hydrogen (secondary N) is 1. The molecule has 2 rings (SSSR count). The average molecular weight is 318 g/mol. The molecule has 0 saturated heterocycles. The lowest BCUT2D eigenvalue weighted by molar-refractivity contribution is 0.534. The molecule has 0 spiro atoms. The molecule has 0 unspecified atom stereocenters. The Morgan fingerprint density at radius 3 is 2.41 bits per heavy atom. The number of anilines is 1. The standard InChI is InChI=1S/C9H8BrN3O3S/c1-6-11-12-9(16-6)13-17(14,15)8-4-2-7(10)3-5-8/h2-5H,1H3,(H,12,13). The van der Waals surface area contributed by atoms with Crippen LogP contribution in [-0.4, -0.2) is 18.6 Å². The smallest absolute Gasteiger partial charge is 0.329 e. The number of halogens is 1. The zero-order valence-electron chi connectivity index (χ0n) is 8.71. The lowest BCUT2D eigenvalue weighted by Crippen LogP contribution is -2.13. The maximum atomic E-state index is 11.9. The van der Waals surface area contributed by atoms with Gasteiger partial charge in [-0.2, -0.15) is 0 Å². The van der Waals surface area contributed by atoms with Gasteiger partial charge < -0.3 is 4.42 Å². The molecular formula is C9H8BrN3O3S. The van der Waals surface area contributed by atoms with Gasteiger partial charge in [0.05, 0.1) is 4.90 Å². The van der Waals surface area contributed by atoms with E-state index in [4.69, 9.17) is 4.42 Å². The number of benzene rings is 1. The summed E-state index contributed by atoms with van der Waals surface area (Å²) in [6, 6.07) is 6.05. The Hall–Kier alpha value is -1.41. The molecule has 1 N–H and O–H groups in total. The second-order valence-electron chi connectivity index (χ2n) is 3.19. The van der Waals surface area contributed by atoms with Gasteiger partial charge in [0.1, 0.15) is 0 Å². The third-order valence-electron chi connectivity index (χ3n) is 1.87. The summed E-state index contributed by atoms with van der Waals surface area (Å²) in [6.45, 7) is 1.57. The Kier molecular flexibility index (Phi) is 3.16. The van der Waals surface area contributed by atoms with Crippen molar-refractivity contribution in [2.45, 2.75) is 11.8 Å². The van der Waals surface area contributed by atoms with E-state index in [2.05, 4.69) is 30.8 Å². The van der Waals surface area contributed by atoms with Crippen molar-refractivity contribution in [3.8, 4) is 0 Å². The van der Waals surface area contributed by atoms with Gasteiger partial charge in [-0.3, -0.25) is 0 Å². The number of sulfonamides is 1. The van der Waals surface area contributed by atoms with Crippen molar-refractivity contribution < 1.29 is 12.8 Å². The average Bonchev–Trinajstić information content (AvgIpc) is 2.63. The molecule has 1 aromatic heterocycles. The summed E-state index contributed by atoms with van der Waals surface area (Å²) in [5, 5.41) is 7.09. The fourth-order valence-electron chi connectivity index (χ4n) is 1.13. The number of aryl methyl sites for hydroxylation is 1. The summed E-state index contributed by atoms with van der Waals surface area (Å²) in [7, 11) is -3.68. The lowest BCUT2D eigenvalue weighted by Gasteiger charge is -2.03. The fraction of sp³-hybridized carbons (Fsp3) is 0.111. The van der Waals surface area contributed by atoms with E-state index in [1.165, 1.54) is 12.1 Å². The molecule has 0 amide bonds. The number of hydrogen-bond acceptors (Lipinski definition) is 5. The normalized spacial score (nSPS) is 11.4. The molecule has 8 heteroatoms. The minimum Gasteiger partial charge on any atom is -0.408 e. The van der Waals surface area contributed by atoms with Gasteiger partial charge in [-0.1, -0.05) is 21.0 Å². The van der Waals surface area contributed by atoms with E-state index in [1.807, 2.05) is 0 Å². The number of rotatable bonds is 3. The quantitative estimate of drug-likeness (QED) is 0.935.